The highest BCUT2D eigenvalue weighted by molar-refractivity contribution is 5.01. The maximum Gasteiger partial charge on any atom is 0.0337 e. The third-order valence-electron chi connectivity index (χ3n) is 5.03. The van der Waals surface area contributed by atoms with E-state index in [2.05, 4.69) is 25.7 Å². The van der Waals surface area contributed by atoms with Gasteiger partial charge in [-0.2, -0.15) is 0 Å². The van der Waals surface area contributed by atoms with Gasteiger partial charge < -0.3 is 5.73 Å². The lowest BCUT2D eigenvalue weighted by Gasteiger charge is -2.44. The minimum absolute atomic E-state index is 0.331. The summed E-state index contributed by atoms with van der Waals surface area (Å²) in [5, 5.41) is 0. The van der Waals surface area contributed by atoms with Crippen molar-refractivity contribution in [1.82, 2.24) is 4.90 Å². The normalized spacial score (nSPS) is 33.9. The first kappa shape index (κ1) is 13.4. The van der Waals surface area contributed by atoms with E-state index in [0.29, 0.717) is 11.6 Å². The fourth-order valence-electron chi connectivity index (χ4n) is 3.66. The summed E-state index contributed by atoms with van der Waals surface area (Å²) in [6, 6.07) is 0.648. The SMILES string of the molecule is CCC1CCC(CN)(N(CC2CC2)C(C)C)C1. The quantitative estimate of drug-likeness (QED) is 0.771. The van der Waals surface area contributed by atoms with Crippen LogP contribution in [0.2, 0.25) is 0 Å². The van der Waals surface area contributed by atoms with Crippen LogP contribution in [-0.2, 0) is 0 Å². The van der Waals surface area contributed by atoms with E-state index in [1.165, 1.54) is 45.1 Å². The molecule has 2 nitrogen and oxygen atoms in total. The van der Waals surface area contributed by atoms with Gasteiger partial charge in [-0.15, -0.1) is 0 Å². The van der Waals surface area contributed by atoms with E-state index in [0.717, 1.165) is 18.4 Å². The van der Waals surface area contributed by atoms with Gasteiger partial charge in [-0.1, -0.05) is 13.3 Å². The van der Waals surface area contributed by atoms with Gasteiger partial charge >= 0.3 is 0 Å². The highest BCUT2D eigenvalue weighted by Crippen LogP contribution is 2.43. The Morgan fingerprint density at radius 3 is 2.35 bits per heavy atom. The first-order valence-corrected chi connectivity index (χ1v) is 7.58. The van der Waals surface area contributed by atoms with Crippen molar-refractivity contribution in [1.29, 1.82) is 0 Å². The molecule has 0 aliphatic heterocycles. The molecule has 2 fully saturated rings. The summed E-state index contributed by atoms with van der Waals surface area (Å²) in [7, 11) is 0. The highest BCUT2D eigenvalue weighted by atomic mass is 15.2. The second-order valence-corrected chi connectivity index (χ2v) is 6.64. The van der Waals surface area contributed by atoms with Crippen LogP contribution in [0, 0.1) is 11.8 Å². The summed E-state index contributed by atoms with van der Waals surface area (Å²) < 4.78 is 0. The maximum atomic E-state index is 6.18. The molecule has 0 saturated heterocycles. The van der Waals surface area contributed by atoms with Crippen LogP contribution in [-0.4, -0.2) is 29.6 Å². The number of rotatable bonds is 6. The maximum absolute atomic E-state index is 6.18. The van der Waals surface area contributed by atoms with Crippen LogP contribution in [0.1, 0.15) is 59.3 Å². The molecule has 2 rings (SSSR count). The van der Waals surface area contributed by atoms with Crippen molar-refractivity contribution in [3.63, 3.8) is 0 Å². The molecule has 0 aromatic rings. The highest BCUT2D eigenvalue weighted by Gasteiger charge is 2.44. The van der Waals surface area contributed by atoms with Gasteiger partial charge in [0.25, 0.3) is 0 Å². The Bertz CT molecular complexity index is 247. The minimum atomic E-state index is 0.331. The molecule has 17 heavy (non-hydrogen) atoms. The Morgan fingerprint density at radius 2 is 1.94 bits per heavy atom. The summed E-state index contributed by atoms with van der Waals surface area (Å²) in [5.74, 6) is 1.89. The van der Waals surface area contributed by atoms with Crippen LogP contribution in [0.4, 0.5) is 0 Å². The van der Waals surface area contributed by atoms with Gasteiger partial charge in [0.05, 0.1) is 0 Å². The fraction of sp³-hybridized carbons (Fsp3) is 1.00. The van der Waals surface area contributed by atoms with E-state index < -0.39 is 0 Å². The summed E-state index contributed by atoms with van der Waals surface area (Å²) in [6.07, 6.45) is 8.28. The van der Waals surface area contributed by atoms with Crippen LogP contribution < -0.4 is 5.73 Å². The van der Waals surface area contributed by atoms with E-state index in [1.54, 1.807) is 0 Å². The largest absolute Gasteiger partial charge is 0.329 e. The summed E-state index contributed by atoms with van der Waals surface area (Å²) in [6.45, 7) is 9.18. The Morgan fingerprint density at radius 1 is 1.24 bits per heavy atom. The zero-order chi connectivity index (χ0) is 12.5. The molecule has 0 heterocycles. The first-order valence-electron chi connectivity index (χ1n) is 7.58. The van der Waals surface area contributed by atoms with E-state index in [9.17, 15) is 0 Å². The molecule has 0 bridgehead atoms. The third kappa shape index (κ3) is 2.85. The van der Waals surface area contributed by atoms with Crippen molar-refractivity contribution in [3.8, 4) is 0 Å². The molecule has 2 atom stereocenters. The molecule has 2 N–H and O–H groups in total. The Labute approximate surface area is 107 Å². The van der Waals surface area contributed by atoms with Crippen LogP contribution in [0.15, 0.2) is 0 Å². The van der Waals surface area contributed by atoms with Crippen LogP contribution in [0.25, 0.3) is 0 Å². The molecule has 2 unspecified atom stereocenters. The first-order chi connectivity index (χ1) is 8.11. The number of hydrogen-bond acceptors (Lipinski definition) is 2. The number of nitrogens with two attached hydrogens (primary N) is 1. The van der Waals surface area contributed by atoms with Gasteiger partial charge in [0, 0.05) is 24.7 Å². The Balaban J connectivity index is 2.07. The van der Waals surface area contributed by atoms with E-state index in [1.807, 2.05) is 0 Å². The fourth-order valence-corrected chi connectivity index (χ4v) is 3.66. The lowest BCUT2D eigenvalue weighted by atomic mass is 9.91. The molecule has 2 aliphatic rings. The van der Waals surface area contributed by atoms with E-state index >= 15 is 0 Å². The van der Waals surface area contributed by atoms with Gasteiger partial charge in [0.1, 0.15) is 0 Å². The molecule has 2 saturated carbocycles. The molecule has 0 radical (unpaired) electrons. The number of nitrogens with zero attached hydrogens (tertiary/aromatic N) is 1. The van der Waals surface area contributed by atoms with E-state index in [-0.39, 0.29) is 0 Å². The summed E-state index contributed by atoms with van der Waals surface area (Å²) >= 11 is 0. The van der Waals surface area contributed by atoms with Gasteiger partial charge in [0.15, 0.2) is 0 Å². The molecule has 0 aromatic heterocycles. The van der Waals surface area contributed by atoms with Crippen molar-refractivity contribution in [2.45, 2.75) is 70.9 Å². The average molecular weight is 238 g/mol. The topological polar surface area (TPSA) is 29.3 Å². The predicted molar refractivity (Wildman–Crippen MR) is 74.0 cm³/mol. The standard InChI is InChI=1S/C15H30N2/c1-4-13-7-8-15(9-13,11-16)17(12(2)3)10-14-5-6-14/h12-14H,4-11,16H2,1-3H3. The van der Waals surface area contributed by atoms with Crippen molar-refractivity contribution < 1.29 is 0 Å². The Hall–Kier alpha value is -0.0800. The molecule has 2 heteroatoms. The van der Waals surface area contributed by atoms with Crippen molar-refractivity contribution in [2.75, 3.05) is 13.1 Å². The van der Waals surface area contributed by atoms with Crippen LogP contribution >= 0.6 is 0 Å². The van der Waals surface area contributed by atoms with Crippen molar-refractivity contribution >= 4 is 0 Å². The zero-order valence-corrected chi connectivity index (χ0v) is 11.9. The van der Waals surface area contributed by atoms with Gasteiger partial charge in [-0.05, 0) is 57.8 Å². The predicted octanol–water partition coefficient (Wildman–Crippen LogP) is 3.01. The van der Waals surface area contributed by atoms with Gasteiger partial charge in [0.2, 0.25) is 0 Å². The molecule has 0 aromatic carbocycles. The molecule has 2 aliphatic carbocycles. The summed E-state index contributed by atoms with van der Waals surface area (Å²) in [5.41, 5.74) is 6.51. The summed E-state index contributed by atoms with van der Waals surface area (Å²) in [4.78, 5) is 2.75. The monoisotopic (exact) mass is 238 g/mol. The second kappa shape index (κ2) is 5.27. The molecular formula is C15H30N2. The minimum Gasteiger partial charge on any atom is -0.329 e. The smallest absolute Gasteiger partial charge is 0.0337 e. The second-order valence-electron chi connectivity index (χ2n) is 6.64. The Kier molecular flexibility index (Phi) is 4.14. The molecule has 100 valence electrons. The molecular weight excluding hydrogens is 208 g/mol. The van der Waals surface area contributed by atoms with Crippen molar-refractivity contribution in [2.24, 2.45) is 17.6 Å². The van der Waals surface area contributed by atoms with Crippen LogP contribution in [0.3, 0.4) is 0 Å². The zero-order valence-electron chi connectivity index (χ0n) is 11.9. The van der Waals surface area contributed by atoms with Gasteiger partial charge in [-0.3, -0.25) is 4.90 Å². The molecule has 0 spiro atoms. The average Bonchev–Trinajstić information content (AvgIpc) is 3.04. The third-order valence-corrected chi connectivity index (χ3v) is 5.03. The lowest BCUT2D eigenvalue weighted by molar-refractivity contribution is 0.0574. The molecule has 0 amide bonds. The number of hydrogen-bond donors (Lipinski definition) is 1. The van der Waals surface area contributed by atoms with E-state index in [4.69, 9.17) is 5.73 Å². The van der Waals surface area contributed by atoms with Gasteiger partial charge in [-0.25, -0.2) is 0 Å². The van der Waals surface area contributed by atoms with Crippen molar-refractivity contribution in [3.05, 3.63) is 0 Å². The van der Waals surface area contributed by atoms with Crippen LogP contribution in [0.5, 0.6) is 0 Å². The lowest BCUT2D eigenvalue weighted by Crippen LogP contribution is -2.55.